The Morgan fingerprint density at radius 3 is 2.61 bits per heavy atom. The molecule has 0 aliphatic carbocycles. The van der Waals surface area contributed by atoms with Crippen LogP contribution in [0.4, 0.5) is 10.7 Å². The minimum absolute atomic E-state index is 0.166. The number of aryl methyl sites for hydroxylation is 3. The number of aromatic carboxylic acids is 1. The first-order valence-electron chi connectivity index (χ1n) is 14.6. The number of fused-ring (bicyclic) bond motifs is 3. The number of carbonyl (C=O) groups is 2. The number of ether oxygens (including phenoxy) is 2. The highest BCUT2D eigenvalue weighted by Crippen LogP contribution is 2.35. The van der Waals surface area contributed by atoms with Gasteiger partial charge in [0, 0.05) is 35.9 Å². The van der Waals surface area contributed by atoms with Crippen LogP contribution in [0.5, 0.6) is 5.88 Å². The van der Waals surface area contributed by atoms with Crippen LogP contribution in [0.2, 0.25) is 0 Å². The number of halogens is 1. The smallest absolute Gasteiger partial charge is 0.410 e. The first-order valence-corrected chi connectivity index (χ1v) is 15.4. The van der Waals surface area contributed by atoms with Crippen molar-refractivity contribution in [2.24, 2.45) is 7.05 Å². The van der Waals surface area contributed by atoms with E-state index in [9.17, 15) is 14.7 Å². The third-order valence-corrected chi connectivity index (χ3v) is 8.19. The van der Waals surface area contributed by atoms with Crippen LogP contribution in [0.3, 0.4) is 0 Å². The minimum Gasteiger partial charge on any atom is -0.478 e. The average Bonchev–Trinajstić information content (AvgIpc) is 3.47. The van der Waals surface area contributed by atoms with Crippen LogP contribution in [-0.4, -0.2) is 65.1 Å². The van der Waals surface area contributed by atoms with E-state index in [-0.39, 0.29) is 11.7 Å². The largest absolute Gasteiger partial charge is 0.478 e. The summed E-state index contributed by atoms with van der Waals surface area (Å²) >= 11 is 3.70. The lowest BCUT2D eigenvalue weighted by molar-refractivity contribution is 0.0224. The first-order chi connectivity index (χ1) is 20.8. The molecule has 0 saturated carbocycles. The Bertz CT molecular complexity index is 1720. The summed E-state index contributed by atoms with van der Waals surface area (Å²) in [6.07, 6.45) is 4.53. The molecule has 1 aliphatic heterocycles. The molecule has 0 unspecified atom stereocenters. The Morgan fingerprint density at radius 1 is 1.11 bits per heavy atom. The van der Waals surface area contributed by atoms with Gasteiger partial charge < -0.3 is 29.8 Å². The molecule has 3 aromatic heterocycles. The Labute approximate surface area is 264 Å². The molecule has 0 radical (unpaired) electrons. The van der Waals surface area contributed by atoms with E-state index in [0.29, 0.717) is 61.4 Å². The van der Waals surface area contributed by atoms with E-state index in [0.717, 1.165) is 45.9 Å². The van der Waals surface area contributed by atoms with Crippen LogP contribution in [0.25, 0.3) is 22.3 Å². The van der Waals surface area contributed by atoms with E-state index in [1.165, 1.54) is 12.1 Å². The summed E-state index contributed by atoms with van der Waals surface area (Å²) in [7, 11) is 1.78. The summed E-state index contributed by atoms with van der Waals surface area (Å²) in [5.74, 6) is -0.0317. The standard InChI is InChI=1S/C31H38BrN7O5/c1-18-13-19(28(40)41)14-24(35-18)21-16-34-37(5)27(21)43-12-8-6-7-10-39-26-22-17-38(30(42)44-31(2,3)4)11-9-20(22)23(32)15-25(26)36-29(39)33/h13-16H,6-12,17H2,1-5H3,(H2,33,36)(H,40,41). The second-order valence-corrected chi connectivity index (χ2v) is 12.9. The highest BCUT2D eigenvalue weighted by Gasteiger charge is 2.29. The van der Waals surface area contributed by atoms with Crippen LogP contribution in [-0.2, 0) is 31.3 Å². The molecule has 4 aromatic rings. The second kappa shape index (κ2) is 12.5. The zero-order valence-corrected chi connectivity index (χ0v) is 27.3. The average molecular weight is 669 g/mol. The number of aromatic nitrogens is 5. The van der Waals surface area contributed by atoms with Crippen LogP contribution in [0, 0.1) is 6.92 Å². The number of hydrogen-bond donors (Lipinski definition) is 2. The van der Waals surface area contributed by atoms with Gasteiger partial charge in [0.15, 0.2) is 0 Å². The third-order valence-electron chi connectivity index (χ3n) is 7.48. The molecule has 12 nitrogen and oxygen atoms in total. The highest BCUT2D eigenvalue weighted by atomic mass is 79.9. The minimum atomic E-state index is -1.01. The Kier molecular flexibility index (Phi) is 8.87. The summed E-state index contributed by atoms with van der Waals surface area (Å²) < 4.78 is 16.4. The Hall–Kier alpha value is -4.13. The number of carbonyl (C=O) groups excluding carboxylic acids is 1. The number of rotatable bonds is 9. The maximum Gasteiger partial charge on any atom is 0.410 e. The van der Waals surface area contributed by atoms with Gasteiger partial charge in [0.05, 0.1) is 47.2 Å². The van der Waals surface area contributed by atoms with Crippen molar-refractivity contribution in [1.29, 1.82) is 0 Å². The van der Waals surface area contributed by atoms with Gasteiger partial charge in [0.1, 0.15) is 5.60 Å². The van der Waals surface area contributed by atoms with Crippen molar-refractivity contribution < 1.29 is 24.2 Å². The number of carboxylic acid groups (broad SMARTS) is 1. The first kappa shape index (κ1) is 31.3. The van der Waals surface area contributed by atoms with Crippen LogP contribution < -0.4 is 10.5 Å². The van der Waals surface area contributed by atoms with Gasteiger partial charge in [-0.1, -0.05) is 15.9 Å². The predicted octanol–water partition coefficient (Wildman–Crippen LogP) is 5.73. The fourth-order valence-corrected chi connectivity index (χ4v) is 6.14. The second-order valence-electron chi connectivity index (χ2n) is 12.0. The van der Waals surface area contributed by atoms with E-state index in [1.807, 2.05) is 31.4 Å². The number of imidazole rings is 1. The van der Waals surface area contributed by atoms with Gasteiger partial charge in [-0.05, 0) is 77.1 Å². The summed E-state index contributed by atoms with van der Waals surface area (Å²) in [5, 5.41) is 13.8. The van der Waals surface area contributed by atoms with Gasteiger partial charge in [-0.3, -0.25) is 4.98 Å². The maximum absolute atomic E-state index is 12.9. The fraction of sp³-hybridized carbons (Fsp3) is 0.452. The molecule has 3 N–H and O–H groups in total. The molecule has 0 bridgehead atoms. The van der Waals surface area contributed by atoms with E-state index in [1.54, 1.807) is 29.7 Å². The van der Waals surface area contributed by atoms with Crippen molar-refractivity contribution in [3.05, 3.63) is 51.3 Å². The Balaban J connectivity index is 1.24. The number of unbranched alkanes of at least 4 members (excludes halogenated alkanes) is 2. The molecule has 234 valence electrons. The lowest BCUT2D eigenvalue weighted by atomic mass is 9.98. The zero-order valence-electron chi connectivity index (χ0n) is 25.7. The van der Waals surface area contributed by atoms with Crippen molar-refractivity contribution in [1.82, 2.24) is 29.2 Å². The zero-order chi connectivity index (χ0) is 31.8. The summed E-state index contributed by atoms with van der Waals surface area (Å²) in [6.45, 7) is 9.49. The molecule has 5 rings (SSSR count). The van der Waals surface area contributed by atoms with Gasteiger partial charge >= 0.3 is 12.1 Å². The molecular weight excluding hydrogens is 630 g/mol. The fourth-order valence-electron chi connectivity index (χ4n) is 5.49. The number of hydrogen-bond acceptors (Lipinski definition) is 8. The summed E-state index contributed by atoms with van der Waals surface area (Å²) in [4.78, 5) is 35.3. The summed E-state index contributed by atoms with van der Waals surface area (Å²) in [6, 6.07) is 5.07. The molecule has 0 saturated heterocycles. The van der Waals surface area contributed by atoms with Gasteiger partial charge in [0.2, 0.25) is 11.8 Å². The van der Waals surface area contributed by atoms with Crippen LogP contribution in [0.1, 0.15) is 67.2 Å². The summed E-state index contributed by atoms with van der Waals surface area (Å²) in [5.41, 5.74) is 11.7. The van der Waals surface area contributed by atoms with Gasteiger partial charge in [-0.15, -0.1) is 0 Å². The number of anilines is 1. The molecule has 44 heavy (non-hydrogen) atoms. The molecule has 1 aromatic carbocycles. The quantitative estimate of drug-likeness (QED) is 0.213. The van der Waals surface area contributed by atoms with Crippen molar-refractivity contribution in [3.63, 3.8) is 0 Å². The number of pyridine rings is 1. The molecule has 0 spiro atoms. The number of benzene rings is 1. The molecule has 0 atom stereocenters. The number of amides is 1. The monoisotopic (exact) mass is 667 g/mol. The van der Waals surface area contributed by atoms with Crippen LogP contribution >= 0.6 is 15.9 Å². The predicted molar refractivity (Wildman–Crippen MR) is 170 cm³/mol. The molecule has 1 amide bonds. The molecule has 1 aliphatic rings. The molecule has 13 heteroatoms. The number of nitrogen functional groups attached to an aromatic ring is 1. The lowest BCUT2D eigenvalue weighted by Gasteiger charge is -2.32. The molecular formula is C31H38BrN7O5. The topological polar surface area (TPSA) is 151 Å². The van der Waals surface area contributed by atoms with Gasteiger partial charge in [-0.2, -0.15) is 5.10 Å². The van der Waals surface area contributed by atoms with Gasteiger partial charge in [-0.25, -0.2) is 19.3 Å². The lowest BCUT2D eigenvalue weighted by Crippen LogP contribution is -2.40. The number of nitrogens with two attached hydrogens (primary N) is 1. The van der Waals surface area contributed by atoms with E-state index in [4.69, 9.17) is 15.2 Å². The maximum atomic E-state index is 12.9. The van der Waals surface area contributed by atoms with E-state index >= 15 is 0 Å². The molecule has 4 heterocycles. The number of nitrogens with zero attached hydrogens (tertiary/aromatic N) is 6. The normalized spacial score (nSPS) is 13.3. The molecule has 0 fully saturated rings. The SMILES string of the molecule is Cc1cc(C(=O)O)cc(-c2cnn(C)c2OCCCCCn2c(N)nc3cc(Br)c4c(c32)CN(C(=O)OC(C)(C)C)CC4)n1. The van der Waals surface area contributed by atoms with Crippen molar-refractivity contribution >= 4 is 45.0 Å². The van der Waals surface area contributed by atoms with Crippen LogP contribution in [0.15, 0.2) is 28.9 Å². The highest BCUT2D eigenvalue weighted by molar-refractivity contribution is 9.10. The Morgan fingerprint density at radius 2 is 1.89 bits per heavy atom. The van der Waals surface area contributed by atoms with E-state index < -0.39 is 11.6 Å². The third kappa shape index (κ3) is 6.67. The van der Waals surface area contributed by atoms with Crippen molar-refractivity contribution in [3.8, 4) is 17.1 Å². The van der Waals surface area contributed by atoms with Gasteiger partial charge in [0.25, 0.3) is 0 Å². The van der Waals surface area contributed by atoms with Crippen molar-refractivity contribution in [2.75, 3.05) is 18.9 Å². The van der Waals surface area contributed by atoms with E-state index in [2.05, 4.69) is 31.0 Å². The number of carboxylic acids is 1. The van der Waals surface area contributed by atoms with Crippen molar-refractivity contribution in [2.45, 2.75) is 72.1 Å².